The van der Waals surface area contributed by atoms with Crippen LogP contribution in [-0.4, -0.2) is 32.1 Å². The first kappa shape index (κ1) is 18.6. The molecule has 5 nitrogen and oxygen atoms in total. The van der Waals surface area contributed by atoms with Crippen molar-refractivity contribution in [2.24, 2.45) is 7.05 Å². The topological polar surface area (TPSA) is 51.0 Å². The van der Waals surface area contributed by atoms with Gasteiger partial charge >= 0.3 is 0 Å². The number of carbonyl (C=O) groups is 1. The maximum atomic E-state index is 13.9. The highest BCUT2D eigenvalue weighted by atomic mass is 16.2. The van der Waals surface area contributed by atoms with Crippen molar-refractivity contribution in [3.8, 4) is 11.3 Å². The highest BCUT2D eigenvalue weighted by Crippen LogP contribution is 2.35. The molecule has 0 spiro atoms. The first-order valence-corrected chi connectivity index (χ1v) is 10.4. The van der Waals surface area contributed by atoms with Gasteiger partial charge in [0.2, 0.25) is 0 Å². The van der Waals surface area contributed by atoms with Crippen LogP contribution in [0.4, 0.5) is 0 Å². The molecule has 0 N–H and O–H groups in total. The van der Waals surface area contributed by atoms with Gasteiger partial charge in [0.05, 0.1) is 28.4 Å². The minimum atomic E-state index is 0.0574. The van der Waals surface area contributed by atoms with E-state index in [2.05, 4.69) is 17.2 Å². The van der Waals surface area contributed by atoms with Crippen molar-refractivity contribution in [3.05, 3.63) is 83.6 Å². The van der Waals surface area contributed by atoms with Crippen LogP contribution in [0.5, 0.6) is 0 Å². The first-order valence-electron chi connectivity index (χ1n) is 10.4. The second-order valence-corrected chi connectivity index (χ2v) is 7.90. The first-order chi connectivity index (χ1) is 14.6. The van der Waals surface area contributed by atoms with Crippen LogP contribution in [0.2, 0.25) is 0 Å². The summed E-state index contributed by atoms with van der Waals surface area (Å²) in [5.74, 6) is 0.0574. The fourth-order valence-electron chi connectivity index (χ4n) is 4.56. The Kier molecular flexibility index (Phi) is 4.58. The van der Waals surface area contributed by atoms with Gasteiger partial charge in [-0.25, -0.2) is 4.98 Å². The number of aromatic nitrogens is 3. The number of pyridine rings is 1. The third-order valence-corrected chi connectivity index (χ3v) is 5.97. The summed E-state index contributed by atoms with van der Waals surface area (Å²) in [6, 6.07) is 22.4. The zero-order valence-electron chi connectivity index (χ0n) is 17.2. The van der Waals surface area contributed by atoms with Gasteiger partial charge in [-0.3, -0.25) is 9.48 Å². The quantitative estimate of drug-likeness (QED) is 0.494. The van der Waals surface area contributed by atoms with E-state index in [0.717, 1.165) is 47.4 Å². The zero-order valence-corrected chi connectivity index (χ0v) is 17.2. The van der Waals surface area contributed by atoms with E-state index >= 15 is 0 Å². The average molecular weight is 396 g/mol. The predicted octanol–water partition coefficient (Wildman–Crippen LogP) is 4.92. The van der Waals surface area contributed by atoms with E-state index in [1.807, 2.05) is 73.5 Å². The number of rotatable bonds is 3. The highest BCUT2D eigenvalue weighted by Gasteiger charge is 2.32. The maximum Gasteiger partial charge on any atom is 0.255 e. The van der Waals surface area contributed by atoms with Crippen molar-refractivity contribution in [1.29, 1.82) is 0 Å². The lowest BCUT2D eigenvalue weighted by atomic mass is 10.0. The summed E-state index contributed by atoms with van der Waals surface area (Å²) in [6.07, 6.45) is 2.00. The van der Waals surface area contributed by atoms with Crippen LogP contribution in [0.1, 0.15) is 40.5 Å². The fraction of sp³-hybridized carbons (Fsp3) is 0.240. The molecule has 1 aliphatic rings. The van der Waals surface area contributed by atoms with Gasteiger partial charge in [-0.05, 0) is 31.4 Å². The lowest BCUT2D eigenvalue weighted by Crippen LogP contribution is -2.30. The number of hydrogen-bond acceptors (Lipinski definition) is 3. The van der Waals surface area contributed by atoms with Crippen molar-refractivity contribution in [1.82, 2.24) is 19.7 Å². The summed E-state index contributed by atoms with van der Waals surface area (Å²) in [5.41, 5.74) is 5.25. The highest BCUT2D eigenvalue weighted by molar-refractivity contribution is 6.07. The molecule has 0 radical (unpaired) electrons. The van der Waals surface area contributed by atoms with Gasteiger partial charge in [0.15, 0.2) is 5.65 Å². The number of fused-ring (bicyclic) bond motifs is 1. The molecule has 1 unspecified atom stereocenters. The van der Waals surface area contributed by atoms with E-state index in [9.17, 15) is 4.79 Å². The molecule has 1 saturated heterocycles. The van der Waals surface area contributed by atoms with Gasteiger partial charge in [-0.2, -0.15) is 5.10 Å². The summed E-state index contributed by atoms with van der Waals surface area (Å²) in [6.45, 7) is 2.71. The summed E-state index contributed by atoms with van der Waals surface area (Å²) in [5, 5.41) is 5.40. The van der Waals surface area contributed by atoms with Crippen molar-refractivity contribution in [2.75, 3.05) is 6.54 Å². The van der Waals surface area contributed by atoms with Crippen LogP contribution in [-0.2, 0) is 7.05 Å². The van der Waals surface area contributed by atoms with E-state index in [4.69, 9.17) is 4.98 Å². The van der Waals surface area contributed by atoms with Crippen LogP contribution in [0.15, 0.2) is 66.7 Å². The van der Waals surface area contributed by atoms with E-state index < -0.39 is 0 Å². The molecule has 0 saturated carbocycles. The van der Waals surface area contributed by atoms with Gasteiger partial charge < -0.3 is 4.90 Å². The molecule has 5 rings (SSSR count). The number of amides is 1. The minimum absolute atomic E-state index is 0.0574. The lowest BCUT2D eigenvalue weighted by molar-refractivity contribution is 0.0737. The Balaban J connectivity index is 1.65. The zero-order chi connectivity index (χ0) is 20.7. The van der Waals surface area contributed by atoms with Gasteiger partial charge in [0.25, 0.3) is 5.91 Å². The summed E-state index contributed by atoms with van der Waals surface area (Å²) in [4.78, 5) is 20.7. The Hall–Kier alpha value is -3.47. The lowest BCUT2D eigenvalue weighted by Gasteiger charge is -2.25. The van der Waals surface area contributed by atoms with E-state index in [0.29, 0.717) is 5.56 Å². The molecule has 1 amide bonds. The normalized spacial score (nSPS) is 16.3. The number of aryl methyl sites for hydroxylation is 2. The molecule has 1 fully saturated rings. The Labute approximate surface area is 176 Å². The maximum absolute atomic E-state index is 13.9. The number of carbonyl (C=O) groups excluding carboxylic acids is 1. The molecular weight excluding hydrogens is 372 g/mol. The standard InChI is InChI=1S/C25H24N4O/c1-17-23-20(25(30)29-15-9-14-22(29)19-12-7-4-8-13-19)16-21(18-10-5-3-6-11-18)26-24(23)28(2)27-17/h3-8,10-13,16,22H,9,14-15H2,1-2H3. The van der Waals surface area contributed by atoms with Gasteiger partial charge in [-0.15, -0.1) is 0 Å². The number of hydrogen-bond donors (Lipinski definition) is 0. The minimum Gasteiger partial charge on any atom is -0.332 e. The van der Waals surface area contributed by atoms with E-state index in [1.54, 1.807) is 4.68 Å². The Bertz CT molecular complexity index is 1210. The van der Waals surface area contributed by atoms with Crippen molar-refractivity contribution in [3.63, 3.8) is 0 Å². The molecule has 1 atom stereocenters. The molecule has 3 heterocycles. The molecule has 150 valence electrons. The Morgan fingerprint density at radius 1 is 1.03 bits per heavy atom. The smallest absolute Gasteiger partial charge is 0.255 e. The third-order valence-electron chi connectivity index (χ3n) is 5.97. The molecule has 1 aliphatic heterocycles. The third kappa shape index (κ3) is 3.07. The van der Waals surface area contributed by atoms with Crippen LogP contribution in [0, 0.1) is 6.92 Å². The number of nitrogens with zero attached hydrogens (tertiary/aromatic N) is 4. The summed E-state index contributed by atoms with van der Waals surface area (Å²) >= 11 is 0. The van der Waals surface area contributed by atoms with Crippen molar-refractivity contribution >= 4 is 16.9 Å². The van der Waals surface area contributed by atoms with E-state index in [-0.39, 0.29) is 11.9 Å². The molecule has 0 aliphatic carbocycles. The summed E-state index contributed by atoms with van der Waals surface area (Å²) < 4.78 is 1.77. The Morgan fingerprint density at radius 2 is 1.73 bits per heavy atom. The van der Waals surface area contributed by atoms with Gasteiger partial charge in [0.1, 0.15) is 0 Å². The monoisotopic (exact) mass is 396 g/mol. The Morgan fingerprint density at radius 3 is 2.47 bits per heavy atom. The SMILES string of the molecule is Cc1nn(C)c2nc(-c3ccccc3)cc(C(=O)N3CCCC3c3ccccc3)c12. The van der Waals surface area contributed by atoms with Gasteiger partial charge in [0, 0.05) is 19.2 Å². The molecule has 5 heteroatoms. The fourth-order valence-corrected chi connectivity index (χ4v) is 4.56. The molecule has 2 aromatic carbocycles. The molecule has 2 aromatic heterocycles. The second kappa shape index (κ2) is 7.41. The molecule has 0 bridgehead atoms. The number of likely N-dealkylation sites (tertiary alicyclic amines) is 1. The summed E-state index contributed by atoms with van der Waals surface area (Å²) in [7, 11) is 1.88. The predicted molar refractivity (Wildman–Crippen MR) is 118 cm³/mol. The van der Waals surface area contributed by atoms with Crippen LogP contribution >= 0.6 is 0 Å². The van der Waals surface area contributed by atoms with Crippen LogP contribution in [0.25, 0.3) is 22.3 Å². The largest absolute Gasteiger partial charge is 0.332 e. The average Bonchev–Trinajstić information content (AvgIpc) is 3.39. The van der Waals surface area contributed by atoms with E-state index in [1.165, 1.54) is 5.56 Å². The molecule has 30 heavy (non-hydrogen) atoms. The molecular formula is C25H24N4O. The van der Waals surface area contributed by atoms with Gasteiger partial charge in [-0.1, -0.05) is 60.7 Å². The van der Waals surface area contributed by atoms with Crippen LogP contribution in [0.3, 0.4) is 0 Å². The molecule has 4 aromatic rings. The van der Waals surface area contributed by atoms with Crippen LogP contribution < -0.4 is 0 Å². The number of benzene rings is 2. The second-order valence-electron chi connectivity index (χ2n) is 7.90. The van der Waals surface area contributed by atoms with Crippen molar-refractivity contribution < 1.29 is 4.79 Å². The van der Waals surface area contributed by atoms with Crippen molar-refractivity contribution in [2.45, 2.75) is 25.8 Å².